The molecule has 20 heavy (non-hydrogen) atoms. The molecule has 0 aromatic carbocycles. The summed E-state index contributed by atoms with van der Waals surface area (Å²) in [6, 6.07) is 2.06. The number of aromatic nitrogens is 1. The standard InChI is InChI=1S/C13H23N3O3S/c1-13(2,9-19-3)15-20(17,18)12-6-11(7-14)16(8-12)10-4-5-10/h6,8,10,15H,4-5,7,9,14H2,1-3H3. The summed E-state index contributed by atoms with van der Waals surface area (Å²) in [6.45, 7) is 4.22. The first-order valence-electron chi connectivity index (χ1n) is 6.73. The van der Waals surface area contributed by atoms with Crippen molar-refractivity contribution in [3.63, 3.8) is 0 Å². The molecule has 1 fully saturated rings. The second-order valence-corrected chi connectivity index (χ2v) is 7.61. The zero-order valence-corrected chi connectivity index (χ0v) is 13.0. The number of rotatable bonds is 7. The number of methoxy groups -OCH3 is 1. The normalized spacial score (nSPS) is 16.6. The summed E-state index contributed by atoms with van der Waals surface area (Å²) in [5, 5.41) is 0. The lowest BCUT2D eigenvalue weighted by molar-refractivity contribution is 0.141. The van der Waals surface area contributed by atoms with Crippen molar-refractivity contribution in [1.29, 1.82) is 0 Å². The predicted molar refractivity (Wildman–Crippen MR) is 76.9 cm³/mol. The van der Waals surface area contributed by atoms with Gasteiger partial charge in [-0.25, -0.2) is 13.1 Å². The van der Waals surface area contributed by atoms with Gasteiger partial charge in [0.15, 0.2) is 0 Å². The van der Waals surface area contributed by atoms with E-state index < -0.39 is 15.6 Å². The average Bonchev–Trinajstić information content (AvgIpc) is 3.06. The van der Waals surface area contributed by atoms with Gasteiger partial charge < -0.3 is 15.0 Å². The highest BCUT2D eigenvalue weighted by atomic mass is 32.2. The highest BCUT2D eigenvalue weighted by Crippen LogP contribution is 2.37. The average molecular weight is 301 g/mol. The Bertz CT molecular complexity index is 574. The second-order valence-electron chi connectivity index (χ2n) is 5.93. The Balaban J connectivity index is 2.25. The molecule has 3 N–H and O–H groups in total. The Labute approximate surface area is 120 Å². The molecule has 7 heteroatoms. The highest BCUT2D eigenvalue weighted by Gasteiger charge is 2.30. The maximum atomic E-state index is 12.4. The lowest BCUT2D eigenvalue weighted by Crippen LogP contribution is -2.46. The van der Waals surface area contributed by atoms with Gasteiger partial charge in [0.25, 0.3) is 0 Å². The molecule has 0 spiro atoms. The lowest BCUT2D eigenvalue weighted by atomic mass is 10.1. The maximum Gasteiger partial charge on any atom is 0.242 e. The summed E-state index contributed by atoms with van der Waals surface area (Å²) in [7, 11) is -2.02. The molecule has 0 atom stereocenters. The fourth-order valence-electron chi connectivity index (χ4n) is 2.31. The number of ether oxygens (including phenoxy) is 1. The van der Waals surface area contributed by atoms with Crippen molar-refractivity contribution in [2.45, 2.75) is 49.7 Å². The molecule has 114 valence electrons. The number of nitrogens with one attached hydrogen (secondary N) is 1. The van der Waals surface area contributed by atoms with Crippen molar-refractivity contribution in [2.24, 2.45) is 5.73 Å². The van der Waals surface area contributed by atoms with E-state index in [1.54, 1.807) is 33.2 Å². The van der Waals surface area contributed by atoms with Crippen molar-refractivity contribution < 1.29 is 13.2 Å². The Kier molecular flexibility index (Phi) is 4.24. The Morgan fingerprint density at radius 2 is 2.15 bits per heavy atom. The van der Waals surface area contributed by atoms with Gasteiger partial charge in [-0.2, -0.15) is 0 Å². The van der Waals surface area contributed by atoms with Gasteiger partial charge in [0.2, 0.25) is 10.0 Å². The van der Waals surface area contributed by atoms with Crippen LogP contribution in [0.4, 0.5) is 0 Å². The first kappa shape index (κ1) is 15.5. The van der Waals surface area contributed by atoms with Crippen LogP contribution in [0.3, 0.4) is 0 Å². The molecule has 1 saturated carbocycles. The monoisotopic (exact) mass is 301 g/mol. The summed E-state index contributed by atoms with van der Waals surface area (Å²) in [4.78, 5) is 0.272. The predicted octanol–water partition coefficient (Wildman–Crippen LogP) is 0.985. The van der Waals surface area contributed by atoms with Crippen LogP contribution < -0.4 is 10.5 Å². The number of hydrogen-bond acceptors (Lipinski definition) is 4. The van der Waals surface area contributed by atoms with Crippen molar-refractivity contribution in [3.8, 4) is 0 Å². The number of nitrogens with zero attached hydrogens (tertiary/aromatic N) is 1. The van der Waals surface area contributed by atoms with Gasteiger partial charge in [0.05, 0.1) is 17.0 Å². The molecule has 0 unspecified atom stereocenters. The molecular formula is C13H23N3O3S. The van der Waals surface area contributed by atoms with E-state index in [-0.39, 0.29) is 4.90 Å². The third kappa shape index (κ3) is 3.41. The second kappa shape index (κ2) is 5.48. The molecule has 0 radical (unpaired) electrons. The third-order valence-electron chi connectivity index (χ3n) is 3.28. The molecule has 2 rings (SSSR count). The van der Waals surface area contributed by atoms with E-state index in [0.717, 1.165) is 18.5 Å². The molecule has 1 heterocycles. The number of nitrogens with two attached hydrogens (primary N) is 1. The molecule has 0 aliphatic heterocycles. The van der Waals surface area contributed by atoms with Crippen LogP contribution in [-0.4, -0.2) is 32.2 Å². The first-order valence-corrected chi connectivity index (χ1v) is 8.21. The Morgan fingerprint density at radius 1 is 1.50 bits per heavy atom. The van der Waals surface area contributed by atoms with Gasteiger partial charge in [0.1, 0.15) is 0 Å². The fraction of sp³-hybridized carbons (Fsp3) is 0.692. The van der Waals surface area contributed by atoms with Crippen LogP contribution in [0.25, 0.3) is 0 Å². The lowest BCUT2D eigenvalue weighted by Gasteiger charge is -2.24. The van der Waals surface area contributed by atoms with Crippen LogP contribution in [0.1, 0.15) is 38.4 Å². The minimum atomic E-state index is -3.56. The first-order chi connectivity index (χ1) is 9.29. The van der Waals surface area contributed by atoms with Crippen LogP contribution in [0.5, 0.6) is 0 Å². The van der Waals surface area contributed by atoms with Crippen molar-refractivity contribution >= 4 is 10.0 Å². The van der Waals surface area contributed by atoms with Crippen LogP contribution >= 0.6 is 0 Å². The summed E-state index contributed by atoms with van der Waals surface area (Å²) in [5.74, 6) is 0. The molecular weight excluding hydrogens is 278 g/mol. The topological polar surface area (TPSA) is 86.3 Å². The highest BCUT2D eigenvalue weighted by molar-refractivity contribution is 7.89. The maximum absolute atomic E-state index is 12.4. The summed E-state index contributed by atoms with van der Waals surface area (Å²) in [5.41, 5.74) is 5.90. The van der Waals surface area contributed by atoms with Crippen molar-refractivity contribution in [3.05, 3.63) is 18.0 Å². The summed E-state index contributed by atoms with van der Waals surface area (Å²) < 4.78 is 34.5. The third-order valence-corrected chi connectivity index (χ3v) is 4.95. The fourth-order valence-corrected chi connectivity index (χ4v) is 3.76. The molecule has 6 nitrogen and oxygen atoms in total. The zero-order valence-electron chi connectivity index (χ0n) is 12.2. The quantitative estimate of drug-likeness (QED) is 0.786. The Hall–Kier alpha value is -0.890. The van der Waals surface area contributed by atoms with Gasteiger partial charge in [-0.3, -0.25) is 0 Å². The smallest absolute Gasteiger partial charge is 0.242 e. The SMILES string of the molecule is COCC(C)(C)NS(=O)(=O)c1cc(CN)n(C2CC2)c1. The number of hydrogen-bond donors (Lipinski definition) is 2. The van der Waals surface area contributed by atoms with Crippen molar-refractivity contribution in [2.75, 3.05) is 13.7 Å². The van der Waals surface area contributed by atoms with Gasteiger partial charge in [0, 0.05) is 31.6 Å². The minimum Gasteiger partial charge on any atom is -0.383 e. The van der Waals surface area contributed by atoms with E-state index in [4.69, 9.17) is 10.5 Å². The van der Waals surface area contributed by atoms with Gasteiger partial charge in [-0.05, 0) is 32.8 Å². The molecule has 0 saturated heterocycles. The summed E-state index contributed by atoms with van der Waals surface area (Å²) in [6.07, 6.45) is 3.86. The van der Waals surface area contributed by atoms with Crippen LogP contribution in [0.2, 0.25) is 0 Å². The molecule has 1 aromatic heterocycles. The van der Waals surface area contributed by atoms with E-state index in [1.807, 2.05) is 4.57 Å². The van der Waals surface area contributed by atoms with E-state index in [1.165, 1.54) is 0 Å². The van der Waals surface area contributed by atoms with E-state index in [0.29, 0.717) is 19.2 Å². The van der Waals surface area contributed by atoms with E-state index >= 15 is 0 Å². The largest absolute Gasteiger partial charge is 0.383 e. The number of sulfonamides is 1. The van der Waals surface area contributed by atoms with Crippen molar-refractivity contribution in [1.82, 2.24) is 9.29 Å². The Morgan fingerprint density at radius 3 is 2.65 bits per heavy atom. The van der Waals surface area contributed by atoms with E-state index in [9.17, 15) is 8.42 Å². The molecule has 0 amide bonds. The van der Waals surface area contributed by atoms with Gasteiger partial charge in [-0.1, -0.05) is 0 Å². The van der Waals surface area contributed by atoms with Gasteiger partial charge >= 0.3 is 0 Å². The molecule has 0 bridgehead atoms. The minimum absolute atomic E-state index is 0.272. The van der Waals surface area contributed by atoms with Crippen LogP contribution in [0, 0.1) is 0 Å². The van der Waals surface area contributed by atoms with E-state index in [2.05, 4.69) is 4.72 Å². The molecule has 1 aliphatic rings. The molecule has 1 aromatic rings. The van der Waals surface area contributed by atoms with Crippen LogP contribution in [-0.2, 0) is 21.3 Å². The van der Waals surface area contributed by atoms with Crippen LogP contribution in [0.15, 0.2) is 17.2 Å². The molecule has 1 aliphatic carbocycles. The van der Waals surface area contributed by atoms with Gasteiger partial charge in [-0.15, -0.1) is 0 Å². The zero-order chi connectivity index (χ0) is 15.0. The summed E-state index contributed by atoms with van der Waals surface area (Å²) >= 11 is 0.